The van der Waals surface area contributed by atoms with Gasteiger partial charge in [-0.1, -0.05) is 46.7 Å². The second-order valence-electron chi connectivity index (χ2n) is 5.22. The summed E-state index contributed by atoms with van der Waals surface area (Å²) in [5.74, 6) is 0.0324. The van der Waals surface area contributed by atoms with Crippen LogP contribution >= 0.6 is 34.5 Å². The maximum atomic E-state index is 13.0. The van der Waals surface area contributed by atoms with Crippen molar-refractivity contribution < 1.29 is 4.39 Å². The third-order valence-corrected chi connectivity index (χ3v) is 5.03. The first-order valence-corrected chi connectivity index (χ1v) is 8.71. The fourth-order valence-corrected chi connectivity index (χ4v) is 3.73. The smallest absolute Gasteiger partial charge is 0.266 e. The molecule has 0 saturated carbocycles. The Balaban J connectivity index is 1.82. The number of aromatic nitrogens is 3. The molecule has 4 aromatic rings. The molecule has 25 heavy (non-hydrogen) atoms. The molecule has 2 heterocycles. The molecule has 0 spiro atoms. The standard InChI is InChI=1S/C17H8Cl2FN3OS/c18-10-3-6-12(13(19)8-10)15-21-17-23(22-15)16(24)14(25-17)7-9-1-4-11(20)5-2-9/h1-8H/b14-7-. The van der Waals surface area contributed by atoms with E-state index in [1.54, 1.807) is 36.4 Å². The summed E-state index contributed by atoms with van der Waals surface area (Å²) >= 11 is 13.3. The maximum Gasteiger partial charge on any atom is 0.291 e. The van der Waals surface area contributed by atoms with Gasteiger partial charge in [0.15, 0.2) is 5.82 Å². The predicted molar refractivity (Wildman–Crippen MR) is 97.8 cm³/mol. The van der Waals surface area contributed by atoms with Crippen molar-refractivity contribution in [1.82, 2.24) is 14.6 Å². The van der Waals surface area contributed by atoms with Crippen molar-refractivity contribution in [3.05, 3.63) is 78.8 Å². The van der Waals surface area contributed by atoms with Crippen LogP contribution in [-0.2, 0) is 0 Å². The summed E-state index contributed by atoms with van der Waals surface area (Å²) in [7, 11) is 0. The Morgan fingerprint density at radius 2 is 1.88 bits per heavy atom. The van der Waals surface area contributed by atoms with Gasteiger partial charge in [-0.2, -0.15) is 9.50 Å². The van der Waals surface area contributed by atoms with Crippen LogP contribution in [0.3, 0.4) is 0 Å². The van der Waals surface area contributed by atoms with Gasteiger partial charge in [-0.15, -0.1) is 5.10 Å². The van der Waals surface area contributed by atoms with Crippen LogP contribution in [0.5, 0.6) is 0 Å². The molecule has 0 aliphatic rings. The number of hydrogen-bond donors (Lipinski definition) is 0. The highest BCUT2D eigenvalue weighted by Gasteiger charge is 2.14. The molecule has 124 valence electrons. The van der Waals surface area contributed by atoms with Crippen molar-refractivity contribution >= 4 is 45.6 Å². The van der Waals surface area contributed by atoms with Crippen LogP contribution in [0.2, 0.25) is 10.0 Å². The largest absolute Gasteiger partial charge is 0.291 e. The minimum atomic E-state index is -0.327. The molecule has 0 radical (unpaired) electrons. The molecule has 4 rings (SSSR count). The van der Waals surface area contributed by atoms with Gasteiger partial charge in [-0.25, -0.2) is 4.39 Å². The van der Waals surface area contributed by atoms with Gasteiger partial charge in [0.05, 0.1) is 9.55 Å². The lowest BCUT2D eigenvalue weighted by Crippen LogP contribution is -2.23. The number of halogens is 3. The summed E-state index contributed by atoms with van der Waals surface area (Å²) in [6, 6.07) is 10.9. The van der Waals surface area contributed by atoms with Gasteiger partial charge in [0.25, 0.3) is 5.56 Å². The Morgan fingerprint density at radius 3 is 2.56 bits per heavy atom. The maximum absolute atomic E-state index is 13.0. The Kier molecular flexibility index (Phi) is 4.03. The molecule has 2 aromatic heterocycles. The summed E-state index contributed by atoms with van der Waals surface area (Å²) < 4.78 is 14.7. The Labute approximate surface area is 154 Å². The van der Waals surface area contributed by atoms with Gasteiger partial charge < -0.3 is 0 Å². The number of benzene rings is 2. The van der Waals surface area contributed by atoms with Gasteiger partial charge in [0.1, 0.15) is 5.82 Å². The van der Waals surface area contributed by atoms with E-state index in [-0.39, 0.29) is 11.4 Å². The van der Waals surface area contributed by atoms with Gasteiger partial charge in [-0.3, -0.25) is 4.79 Å². The molecular formula is C17H8Cl2FN3OS. The van der Waals surface area contributed by atoms with Crippen molar-refractivity contribution in [2.75, 3.05) is 0 Å². The quantitative estimate of drug-likeness (QED) is 0.521. The van der Waals surface area contributed by atoms with E-state index < -0.39 is 0 Å². The lowest BCUT2D eigenvalue weighted by molar-refractivity contribution is 0.628. The zero-order valence-electron chi connectivity index (χ0n) is 12.4. The first-order valence-electron chi connectivity index (χ1n) is 7.13. The lowest BCUT2D eigenvalue weighted by Gasteiger charge is -1.98. The number of rotatable bonds is 2. The number of thiazole rings is 1. The highest BCUT2D eigenvalue weighted by Crippen LogP contribution is 2.28. The van der Waals surface area contributed by atoms with E-state index in [0.29, 0.717) is 30.9 Å². The highest BCUT2D eigenvalue weighted by molar-refractivity contribution is 7.15. The van der Waals surface area contributed by atoms with Crippen LogP contribution in [0.1, 0.15) is 5.56 Å². The monoisotopic (exact) mass is 391 g/mol. The zero-order valence-corrected chi connectivity index (χ0v) is 14.7. The fourth-order valence-electron chi connectivity index (χ4n) is 2.33. The summed E-state index contributed by atoms with van der Waals surface area (Å²) in [6.45, 7) is 0. The third-order valence-electron chi connectivity index (χ3n) is 3.52. The molecule has 4 nitrogen and oxygen atoms in total. The molecular weight excluding hydrogens is 384 g/mol. The predicted octanol–water partition coefficient (Wildman–Crippen LogP) is 3.81. The zero-order chi connectivity index (χ0) is 17.6. The average Bonchev–Trinajstić information content (AvgIpc) is 3.10. The first-order chi connectivity index (χ1) is 12.0. The van der Waals surface area contributed by atoms with Crippen molar-refractivity contribution in [3.63, 3.8) is 0 Å². The average molecular weight is 392 g/mol. The second kappa shape index (κ2) is 6.22. The van der Waals surface area contributed by atoms with Crippen LogP contribution in [0, 0.1) is 5.82 Å². The van der Waals surface area contributed by atoms with Crippen LogP contribution in [0.25, 0.3) is 22.4 Å². The van der Waals surface area contributed by atoms with Crippen molar-refractivity contribution in [1.29, 1.82) is 0 Å². The number of hydrogen-bond acceptors (Lipinski definition) is 4. The van der Waals surface area contributed by atoms with Crippen molar-refractivity contribution in [2.45, 2.75) is 0 Å². The Morgan fingerprint density at radius 1 is 1.12 bits per heavy atom. The van der Waals surface area contributed by atoms with E-state index in [0.717, 1.165) is 5.56 Å². The first kappa shape index (κ1) is 16.2. The highest BCUT2D eigenvalue weighted by atomic mass is 35.5. The molecule has 0 atom stereocenters. The van der Waals surface area contributed by atoms with Crippen LogP contribution in [0.15, 0.2) is 47.3 Å². The number of fused-ring (bicyclic) bond motifs is 1. The molecule has 8 heteroatoms. The molecule has 0 unspecified atom stereocenters. The molecule has 0 fully saturated rings. The molecule has 0 aliphatic heterocycles. The van der Waals surface area contributed by atoms with Crippen molar-refractivity contribution in [3.8, 4) is 11.4 Å². The molecule has 0 bridgehead atoms. The minimum Gasteiger partial charge on any atom is -0.266 e. The third kappa shape index (κ3) is 3.04. The number of nitrogens with zero attached hydrogens (tertiary/aromatic N) is 3. The summed E-state index contributed by atoms with van der Waals surface area (Å²) in [5.41, 5.74) is 1.04. The SMILES string of the molecule is O=c1/c(=C/c2ccc(F)cc2)sc2nc(-c3ccc(Cl)cc3Cl)nn12. The fraction of sp³-hybridized carbons (Fsp3) is 0. The Hall–Kier alpha value is -2.28. The van der Waals surface area contributed by atoms with E-state index in [4.69, 9.17) is 23.2 Å². The van der Waals surface area contributed by atoms with E-state index in [2.05, 4.69) is 10.1 Å². The normalized spacial score (nSPS) is 12.2. The molecule has 0 N–H and O–H groups in total. The summed E-state index contributed by atoms with van der Waals surface area (Å²) in [5, 5.41) is 5.17. The van der Waals surface area contributed by atoms with Gasteiger partial charge in [0, 0.05) is 10.6 Å². The lowest BCUT2D eigenvalue weighted by atomic mass is 10.2. The second-order valence-corrected chi connectivity index (χ2v) is 7.07. The minimum absolute atomic E-state index is 0.284. The summed E-state index contributed by atoms with van der Waals surface area (Å²) in [4.78, 5) is 17.3. The van der Waals surface area contributed by atoms with Crippen LogP contribution < -0.4 is 10.1 Å². The molecule has 2 aromatic carbocycles. The van der Waals surface area contributed by atoms with Gasteiger partial charge in [-0.05, 0) is 42.0 Å². The van der Waals surface area contributed by atoms with Crippen LogP contribution in [-0.4, -0.2) is 14.6 Å². The van der Waals surface area contributed by atoms with E-state index in [9.17, 15) is 9.18 Å². The summed E-state index contributed by atoms with van der Waals surface area (Å²) in [6.07, 6.45) is 1.68. The van der Waals surface area contributed by atoms with E-state index >= 15 is 0 Å². The molecule has 0 aliphatic carbocycles. The molecule has 0 amide bonds. The van der Waals surface area contributed by atoms with E-state index in [1.165, 1.54) is 28.0 Å². The Bertz CT molecular complexity index is 1200. The van der Waals surface area contributed by atoms with Gasteiger partial charge in [0.2, 0.25) is 4.96 Å². The topological polar surface area (TPSA) is 47.3 Å². The van der Waals surface area contributed by atoms with E-state index in [1.807, 2.05) is 0 Å². The molecule has 0 saturated heterocycles. The van der Waals surface area contributed by atoms with Crippen LogP contribution in [0.4, 0.5) is 4.39 Å². The van der Waals surface area contributed by atoms with Gasteiger partial charge >= 0.3 is 0 Å². The van der Waals surface area contributed by atoms with Crippen molar-refractivity contribution in [2.24, 2.45) is 0 Å².